The summed E-state index contributed by atoms with van der Waals surface area (Å²) in [5.41, 5.74) is 4.91. The summed E-state index contributed by atoms with van der Waals surface area (Å²) >= 11 is 0. The zero-order valence-electron chi connectivity index (χ0n) is 11.4. The van der Waals surface area contributed by atoms with Gasteiger partial charge in [0.05, 0.1) is 0 Å². The van der Waals surface area contributed by atoms with Crippen molar-refractivity contribution < 1.29 is 38.4 Å². The highest BCUT2D eigenvalue weighted by Gasteiger charge is 2.55. The van der Waals surface area contributed by atoms with Crippen molar-refractivity contribution in [1.82, 2.24) is 4.90 Å². The first kappa shape index (κ1) is 14.7. The van der Waals surface area contributed by atoms with E-state index in [9.17, 15) is 19.2 Å². The molecule has 120 valence electrons. The molecular formula is C12H14N2O8. The first-order valence-corrected chi connectivity index (χ1v) is 6.80. The van der Waals surface area contributed by atoms with Crippen LogP contribution in [0.2, 0.25) is 0 Å². The molecule has 2 amide bonds. The standard InChI is InChI=1S/C12H14N2O8/c13-9(15)5-7(19-5)11(17)21-22-12(18)8-6(20-8)10(16)14-3-1-2-4-14/h5-8H,1-4H2,(H2,13,15). The predicted molar refractivity (Wildman–Crippen MR) is 64.5 cm³/mol. The van der Waals surface area contributed by atoms with E-state index in [1.54, 1.807) is 4.90 Å². The highest BCUT2D eigenvalue weighted by atomic mass is 17.2. The molecule has 3 aliphatic heterocycles. The number of nitrogens with two attached hydrogens (primary N) is 1. The number of carbonyl (C=O) groups is 4. The van der Waals surface area contributed by atoms with Crippen LogP contribution < -0.4 is 5.73 Å². The number of hydrogen-bond acceptors (Lipinski definition) is 8. The summed E-state index contributed by atoms with van der Waals surface area (Å²) < 4.78 is 9.60. The highest BCUT2D eigenvalue weighted by molar-refractivity contribution is 5.94. The van der Waals surface area contributed by atoms with Crippen LogP contribution in [0.15, 0.2) is 0 Å². The molecule has 0 aromatic rings. The topological polar surface area (TPSA) is 141 Å². The van der Waals surface area contributed by atoms with E-state index >= 15 is 0 Å². The van der Waals surface area contributed by atoms with Crippen LogP contribution in [-0.2, 0) is 38.4 Å². The minimum atomic E-state index is -1.16. The normalized spacial score (nSPS) is 32.3. The van der Waals surface area contributed by atoms with Gasteiger partial charge in [-0.1, -0.05) is 0 Å². The third kappa shape index (κ3) is 2.88. The van der Waals surface area contributed by atoms with Gasteiger partial charge in [-0.3, -0.25) is 9.59 Å². The first-order valence-electron chi connectivity index (χ1n) is 6.80. The smallest absolute Gasteiger partial charge is 0.367 e. The Kier molecular flexibility index (Phi) is 3.71. The SMILES string of the molecule is NC(=O)C1OC1C(=O)OOC(=O)C1OC1C(=O)N1CCCC1. The number of carbonyl (C=O) groups excluding carboxylic acids is 4. The molecule has 10 heteroatoms. The molecule has 10 nitrogen and oxygen atoms in total. The van der Waals surface area contributed by atoms with E-state index in [2.05, 4.69) is 14.5 Å². The molecule has 4 unspecified atom stereocenters. The molecule has 22 heavy (non-hydrogen) atoms. The van der Waals surface area contributed by atoms with Crippen molar-refractivity contribution in [3.8, 4) is 0 Å². The Morgan fingerprint density at radius 2 is 1.36 bits per heavy atom. The maximum Gasteiger partial charge on any atom is 0.387 e. The number of amides is 2. The van der Waals surface area contributed by atoms with Gasteiger partial charge in [0.2, 0.25) is 5.91 Å². The maximum atomic E-state index is 11.9. The van der Waals surface area contributed by atoms with Crippen LogP contribution in [0, 0.1) is 0 Å². The fourth-order valence-electron chi connectivity index (χ4n) is 2.28. The van der Waals surface area contributed by atoms with Crippen LogP contribution in [-0.4, -0.2) is 66.2 Å². The molecule has 3 heterocycles. The Bertz CT molecular complexity index is 529. The van der Waals surface area contributed by atoms with Gasteiger partial charge in [-0.2, -0.15) is 0 Å². The van der Waals surface area contributed by atoms with Crippen LogP contribution in [0.3, 0.4) is 0 Å². The molecule has 0 bridgehead atoms. The quantitative estimate of drug-likeness (QED) is 0.345. The second-order valence-corrected chi connectivity index (χ2v) is 5.19. The number of nitrogens with zero attached hydrogens (tertiary/aromatic N) is 1. The van der Waals surface area contributed by atoms with Crippen LogP contribution >= 0.6 is 0 Å². The molecule has 0 saturated carbocycles. The fraction of sp³-hybridized carbons (Fsp3) is 0.667. The lowest BCUT2D eigenvalue weighted by molar-refractivity contribution is -0.260. The van der Waals surface area contributed by atoms with Gasteiger partial charge in [-0.05, 0) is 12.8 Å². The molecule has 0 radical (unpaired) electrons. The number of hydrogen-bond donors (Lipinski definition) is 1. The van der Waals surface area contributed by atoms with E-state index in [0.717, 1.165) is 12.8 Å². The number of primary amides is 1. The van der Waals surface area contributed by atoms with E-state index in [1.807, 2.05) is 0 Å². The molecule has 3 rings (SSSR count). The largest absolute Gasteiger partial charge is 0.387 e. The molecule has 0 aliphatic carbocycles. The highest BCUT2D eigenvalue weighted by Crippen LogP contribution is 2.28. The minimum Gasteiger partial charge on any atom is -0.367 e. The number of rotatable bonds is 4. The molecule has 3 saturated heterocycles. The fourth-order valence-corrected chi connectivity index (χ4v) is 2.28. The maximum absolute atomic E-state index is 11.9. The summed E-state index contributed by atoms with van der Waals surface area (Å²) in [6.07, 6.45) is -2.34. The van der Waals surface area contributed by atoms with Crippen molar-refractivity contribution in [3.63, 3.8) is 0 Å². The van der Waals surface area contributed by atoms with Crippen molar-refractivity contribution in [1.29, 1.82) is 0 Å². The van der Waals surface area contributed by atoms with Crippen molar-refractivity contribution in [2.24, 2.45) is 5.73 Å². The van der Waals surface area contributed by atoms with Gasteiger partial charge in [0, 0.05) is 13.1 Å². The molecule has 3 fully saturated rings. The van der Waals surface area contributed by atoms with Crippen molar-refractivity contribution in [2.75, 3.05) is 13.1 Å². The number of ether oxygens (including phenoxy) is 2. The van der Waals surface area contributed by atoms with Crippen LogP contribution in [0.1, 0.15) is 12.8 Å². The summed E-state index contributed by atoms with van der Waals surface area (Å²) in [6.45, 7) is 1.28. The zero-order chi connectivity index (χ0) is 15.9. The average molecular weight is 314 g/mol. The summed E-state index contributed by atoms with van der Waals surface area (Å²) in [4.78, 5) is 55.7. The van der Waals surface area contributed by atoms with E-state index in [-0.39, 0.29) is 5.91 Å². The van der Waals surface area contributed by atoms with E-state index in [0.29, 0.717) is 13.1 Å². The van der Waals surface area contributed by atoms with Crippen molar-refractivity contribution >= 4 is 23.8 Å². The van der Waals surface area contributed by atoms with Crippen LogP contribution in [0.25, 0.3) is 0 Å². The Balaban J connectivity index is 1.39. The molecular weight excluding hydrogens is 300 g/mol. The Labute approximate surface area is 124 Å². The Morgan fingerprint density at radius 1 is 0.864 bits per heavy atom. The molecule has 0 aromatic heterocycles. The lowest BCUT2D eigenvalue weighted by Crippen LogP contribution is -2.34. The molecule has 0 aromatic carbocycles. The number of likely N-dealkylation sites (tertiary alicyclic amines) is 1. The summed E-state index contributed by atoms with van der Waals surface area (Å²) in [5, 5.41) is 0. The monoisotopic (exact) mass is 314 g/mol. The van der Waals surface area contributed by atoms with Gasteiger partial charge in [-0.15, -0.1) is 0 Å². The predicted octanol–water partition coefficient (Wildman–Crippen LogP) is -2.37. The summed E-state index contributed by atoms with van der Waals surface area (Å²) in [5.74, 6) is -3.11. The van der Waals surface area contributed by atoms with Gasteiger partial charge >= 0.3 is 11.9 Å². The second-order valence-electron chi connectivity index (χ2n) is 5.19. The van der Waals surface area contributed by atoms with E-state index < -0.39 is 42.3 Å². The van der Waals surface area contributed by atoms with Gasteiger partial charge < -0.3 is 20.1 Å². The van der Waals surface area contributed by atoms with E-state index in [1.165, 1.54) is 0 Å². The zero-order valence-corrected chi connectivity index (χ0v) is 11.4. The average Bonchev–Trinajstić information content (AvgIpc) is 3.39. The van der Waals surface area contributed by atoms with Gasteiger partial charge in [0.25, 0.3) is 5.91 Å². The van der Waals surface area contributed by atoms with Crippen molar-refractivity contribution in [2.45, 2.75) is 37.3 Å². The van der Waals surface area contributed by atoms with Crippen molar-refractivity contribution in [3.05, 3.63) is 0 Å². The third-order valence-corrected chi connectivity index (χ3v) is 3.60. The summed E-state index contributed by atoms with van der Waals surface area (Å²) in [6, 6.07) is 0. The molecule has 2 N–H and O–H groups in total. The van der Waals surface area contributed by atoms with E-state index in [4.69, 9.17) is 10.5 Å². The van der Waals surface area contributed by atoms with Gasteiger partial charge in [0.1, 0.15) is 0 Å². The first-order chi connectivity index (χ1) is 10.5. The minimum absolute atomic E-state index is 0.273. The molecule has 3 aliphatic rings. The molecule has 4 atom stereocenters. The van der Waals surface area contributed by atoms with Crippen LogP contribution in [0.5, 0.6) is 0 Å². The molecule has 0 spiro atoms. The lowest BCUT2D eigenvalue weighted by Gasteiger charge is -2.12. The van der Waals surface area contributed by atoms with Crippen LogP contribution in [0.4, 0.5) is 0 Å². The Hall–Kier alpha value is -2.20. The third-order valence-electron chi connectivity index (χ3n) is 3.60. The number of epoxide rings is 2. The van der Waals surface area contributed by atoms with Gasteiger partial charge in [0.15, 0.2) is 24.4 Å². The lowest BCUT2D eigenvalue weighted by atomic mass is 10.3. The Morgan fingerprint density at radius 3 is 1.86 bits per heavy atom. The summed E-state index contributed by atoms with van der Waals surface area (Å²) in [7, 11) is 0. The van der Waals surface area contributed by atoms with Gasteiger partial charge in [-0.25, -0.2) is 19.4 Å². The second kappa shape index (κ2) is 5.54.